The van der Waals surface area contributed by atoms with Crippen molar-refractivity contribution in [2.75, 3.05) is 11.4 Å². The molecule has 2 rings (SSSR count). The molecule has 1 aliphatic heterocycles. The van der Waals surface area contributed by atoms with Gasteiger partial charge in [0.25, 0.3) is 0 Å². The number of carbonyl (C=O) groups is 2. The van der Waals surface area contributed by atoms with Gasteiger partial charge in [-0.1, -0.05) is 0 Å². The van der Waals surface area contributed by atoms with E-state index in [2.05, 4.69) is 15.9 Å². The highest BCUT2D eigenvalue weighted by atomic mass is 79.9. The molecule has 1 heterocycles. The zero-order valence-corrected chi connectivity index (χ0v) is 10.8. The molecule has 1 unspecified atom stereocenters. The number of benzene rings is 1. The van der Waals surface area contributed by atoms with Crippen molar-refractivity contribution in [2.45, 2.75) is 12.5 Å². The van der Waals surface area contributed by atoms with Gasteiger partial charge in [-0.05, 0) is 28.1 Å². The van der Waals surface area contributed by atoms with Crippen molar-refractivity contribution in [3.05, 3.63) is 28.0 Å². The van der Waals surface area contributed by atoms with Crippen LogP contribution in [0.5, 0.6) is 0 Å². The molecule has 1 aromatic carbocycles. The number of hydrogen-bond acceptors (Lipinski definition) is 3. The first-order valence-corrected chi connectivity index (χ1v) is 5.98. The lowest BCUT2D eigenvalue weighted by Gasteiger charge is -2.20. The lowest BCUT2D eigenvalue weighted by molar-refractivity contribution is -0.117. The molecule has 0 aromatic heterocycles. The van der Waals surface area contributed by atoms with Crippen LogP contribution in [0, 0.1) is 5.82 Å². The standard InChI is InChI=1S/C11H10BrFN2O3/c12-6-1-2-7(13)10(9(6)11(17)18)15-4-5(14)3-8(15)16/h1-2,5H,3-4,14H2,(H,17,18). The predicted octanol–water partition coefficient (Wildman–Crippen LogP) is 1.35. The van der Waals surface area contributed by atoms with E-state index < -0.39 is 17.8 Å². The van der Waals surface area contributed by atoms with Crippen molar-refractivity contribution < 1.29 is 19.1 Å². The SMILES string of the molecule is NC1CC(=O)N(c2c(F)ccc(Br)c2C(=O)O)C1. The Morgan fingerprint density at radius 3 is 2.72 bits per heavy atom. The van der Waals surface area contributed by atoms with Gasteiger partial charge >= 0.3 is 5.97 Å². The number of rotatable bonds is 2. The van der Waals surface area contributed by atoms with Crippen molar-refractivity contribution in [3.63, 3.8) is 0 Å². The highest BCUT2D eigenvalue weighted by Gasteiger charge is 2.33. The van der Waals surface area contributed by atoms with Crippen molar-refractivity contribution in [1.29, 1.82) is 0 Å². The molecule has 0 spiro atoms. The Kier molecular flexibility index (Phi) is 3.36. The first kappa shape index (κ1) is 13.0. The van der Waals surface area contributed by atoms with Crippen LogP contribution < -0.4 is 10.6 Å². The van der Waals surface area contributed by atoms with Crippen molar-refractivity contribution >= 4 is 33.5 Å². The zero-order valence-electron chi connectivity index (χ0n) is 9.19. The molecule has 0 saturated carbocycles. The summed E-state index contributed by atoms with van der Waals surface area (Å²) in [6, 6.07) is 2.00. The molecule has 0 aliphatic carbocycles. The van der Waals surface area contributed by atoms with Gasteiger partial charge in [0.05, 0.1) is 5.69 Å². The van der Waals surface area contributed by atoms with Crippen molar-refractivity contribution in [2.24, 2.45) is 5.73 Å². The first-order chi connectivity index (χ1) is 8.41. The van der Waals surface area contributed by atoms with Gasteiger partial charge in [-0.3, -0.25) is 4.79 Å². The predicted molar refractivity (Wildman–Crippen MR) is 66.0 cm³/mol. The molecule has 3 N–H and O–H groups in total. The molecule has 1 aliphatic rings. The summed E-state index contributed by atoms with van der Waals surface area (Å²) in [6.07, 6.45) is 0.0883. The van der Waals surface area contributed by atoms with Crippen LogP contribution in [0.25, 0.3) is 0 Å². The summed E-state index contributed by atoms with van der Waals surface area (Å²) in [6.45, 7) is 0.118. The summed E-state index contributed by atoms with van der Waals surface area (Å²) < 4.78 is 14.0. The maximum Gasteiger partial charge on any atom is 0.339 e. The van der Waals surface area contributed by atoms with Crippen LogP contribution in [-0.4, -0.2) is 29.6 Å². The van der Waals surface area contributed by atoms with Crippen LogP contribution in [0.3, 0.4) is 0 Å². The van der Waals surface area contributed by atoms with Gasteiger partial charge in [0.15, 0.2) is 0 Å². The third-order valence-electron chi connectivity index (χ3n) is 2.72. The molecular formula is C11H10BrFN2O3. The minimum Gasteiger partial charge on any atom is -0.478 e. The quantitative estimate of drug-likeness (QED) is 0.862. The minimum absolute atomic E-state index is 0.0883. The Balaban J connectivity index is 2.59. The molecule has 1 fully saturated rings. The number of nitrogens with two attached hydrogens (primary N) is 1. The molecule has 96 valence electrons. The molecule has 0 bridgehead atoms. The third kappa shape index (κ3) is 2.11. The van der Waals surface area contributed by atoms with Gasteiger partial charge in [-0.25, -0.2) is 9.18 Å². The summed E-state index contributed by atoms with van der Waals surface area (Å²) in [5, 5.41) is 9.12. The summed E-state index contributed by atoms with van der Waals surface area (Å²) in [5.74, 6) is -2.43. The molecule has 0 radical (unpaired) electrons. The monoisotopic (exact) mass is 316 g/mol. The Morgan fingerprint density at radius 2 is 2.22 bits per heavy atom. The van der Waals surface area contributed by atoms with Crippen LogP contribution in [-0.2, 0) is 4.79 Å². The van der Waals surface area contributed by atoms with Crippen LogP contribution in [0.4, 0.5) is 10.1 Å². The summed E-state index contributed by atoms with van der Waals surface area (Å²) in [7, 11) is 0. The van der Waals surface area contributed by atoms with Crippen molar-refractivity contribution in [3.8, 4) is 0 Å². The Bertz CT molecular complexity index is 535. The van der Waals surface area contributed by atoms with Gasteiger partial charge in [-0.2, -0.15) is 0 Å². The summed E-state index contributed by atoms with van der Waals surface area (Å²) in [4.78, 5) is 24.0. The second-order valence-electron chi connectivity index (χ2n) is 4.03. The number of halogens is 2. The van der Waals surface area contributed by atoms with E-state index in [9.17, 15) is 14.0 Å². The van der Waals surface area contributed by atoms with E-state index in [0.717, 1.165) is 11.0 Å². The number of anilines is 1. The van der Waals surface area contributed by atoms with Crippen LogP contribution in [0.15, 0.2) is 16.6 Å². The van der Waals surface area contributed by atoms with Crippen LogP contribution in [0.2, 0.25) is 0 Å². The second kappa shape index (κ2) is 4.66. The largest absolute Gasteiger partial charge is 0.478 e. The number of amides is 1. The average molecular weight is 317 g/mol. The van der Waals surface area contributed by atoms with Gasteiger partial charge in [0, 0.05) is 23.5 Å². The maximum absolute atomic E-state index is 13.8. The van der Waals surface area contributed by atoms with E-state index in [1.54, 1.807) is 0 Å². The minimum atomic E-state index is -1.30. The highest BCUT2D eigenvalue weighted by Crippen LogP contribution is 2.33. The van der Waals surface area contributed by atoms with E-state index in [0.29, 0.717) is 0 Å². The fraction of sp³-hybridized carbons (Fsp3) is 0.273. The van der Waals surface area contributed by atoms with E-state index in [-0.39, 0.29) is 34.6 Å². The van der Waals surface area contributed by atoms with Crippen LogP contribution in [0.1, 0.15) is 16.8 Å². The molecule has 5 nitrogen and oxygen atoms in total. The normalized spacial score (nSPS) is 19.4. The van der Waals surface area contributed by atoms with Gasteiger partial charge < -0.3 is 15.7 Å². The number of carboxylic acid groups (broad SMARTS) is 1. The van der Waals surface area contributed by atoms with E-state index in [1.807, 2.05) is 0 Å². The zero-order chi connectivity index (χ0) is 13.4. The van der Waals surface area contributed by atoms with E-state index >= 15 is 0 Å². The molecular weight excluding hydrogens is 307 g/mol. The lowest BCUT2D eigenvalue weighted by Crippen LogP contribution is -2.30. The molecule has 1 atom stereocenters. The number of carbonyl (C=O) groups excluding carboxylic acids is 1. The van der Waals surface area contributed by atoms with Crippen molar-refractivity contribution in [1.82, 2.24) is 0 Å². The molecule has 18 heavy (non-hydrogen) atoms. The second-order valence-corrected chi connectivity index (χ2v) is 4.88. The Labute approximate surface area is 111 Å². The molecule has 7 heteroatoms. The number of nitrogens with zero attached hydrogens (tertiary/aromatic N) is 1. The summed E-state index contributed by atoms with van der Waals surface area (Å²) in [5.41, 5.74) is 5.13. The fourth-order valence-corrected chi connectivity index (χ4v) is 2.45. The summed E-state index contributed by atoms with van der Waals surface area (Å²) >= 11 is 3.05. The van der Waals surface area contributed by atoms with Gasteiger partial charge in [0.1, 0.15) is 11.4 Å². The Morgan fingerprint density at radius 1 is 1.56 bits per heavy atom. The molecule has 1 saturated heterocycles. The average Bonchev–Trinajstić information content (AvgIpc) is 2.60. The topological polar surface area (TPSA) is 83.6 Å². The first-order valence-electron chi connectivity index (χ1n) is 5.19. The van der Waals surface area contributed by atoms with Gasteiger partial charge in [-0.15, -0.1) is 0 Å². The third-order valence-corrected chi connectivity index (χ3v) is 3.38. The lowest BCUT2D eigenvalue weighted by atomic mass is 10.1. The van der Waals surface area contributed by atoms with Crippen LogP contribution >= 0.6 is 15.9 Å². The van der Waals surface area contributed by atoms with E-state index in [1.165, 1.54) is 6.07 Å². The smallest absolute Gasteiger partial charge is 0.339 e. The fourth-order valence-electron chi connectivity index (χ4n) is 1.96. The van der Waals surface area contributed by atoms with Gasteiger partial charge in [0.2, 0.25) is 5.91 Å². The molecule has 1 amide bonds. The number of aromatic carboxylic acids is 1. The molecule has 1 aromatic rings. The Hall–Kier alpha value is -1.47. The van der Waals surface area contributed by atoms with E-state index in [4.69, 9.17) is 10.8 Å². The maximum atomic E-state index is 13.8. The number of hydrogen-bond donors (Lipinski definition) is 2. The highest BCUT2D eigenvalue weighted by molar-refractivity contribution is 9.10. The number of carboxylic acids is 1.